The normalized spacial score (nSPS) is 11.7. The van der Waals surface area contributed by atoms with Crippen molar-refractivity contribution in [1.82, 2.24) is 0 Å². The Morgan fingerprint density at radius 1 is 1.13 bits per heavy atom. The number of hydrogen-bond acceptors (Lipinski definition) is 3. The van der Waals surface area contributed by atoms with Gasteiger partial charge in [-0.2, -0.15) is 0 Å². The molecule has 0 aliphatic carbocycles. The Balaban J connectivity index is 2.89. The molecule has 0 saturated carbocycles. The highest BCUT2D eigenvalue weighted by Gasteiger charge is 2.30. The van der Waals surface area contributed by atoms with Gasteiger partial charge in [0.05, 0.1) is 0 Å². The standard InChI is InChI=1S/C12H19NO2/c1-14-12(15-2,9-6-10-13)11-7-4-3-5-8-11/h3-5,7-8H,6,9-10,13H2,1-2H3. The molecule has 0 fully saturated rings. The molecule has 0 radical (unpaired) electrons. The summed E-state index contributed by atoms with van der Waals surface area (Å²) in [4.78, 5) is 0. The van der Waals surface area contributed by atoms with E-state index in [1.54, 1.807) is 14.2 Å². The summed E-state index contributed by atoms with van der Waals surface area (Å²) >= 11 is 0. The van der Waals surface area contributed by atoms with Gasteiger partial charge in [-0.3, -0.25) is 0 Å². The fraction of sp³-hybridized carbons (Fsp3) is 0.500. The average molecular weight is 209 g/mol. The molecular formula is C12H19NO2. The van der Waals surface area contributed by atoms with Gasteiger partial charge >= 0.3 is 0 Å². The second-order valence-electron chi connectivity index (χ2n) is 3.42. The van der Waals surface area contributed by atoms with E-state index in [0.29, 0.717) is 6.54 Å². The van der Waals surface area contributed by atoms with Crippen LogP contribution in [0.2, 0.25) is 0 Å². The molecule has 0 amide bonds. The van der Waals surface area contributed by atoms with Gasteiger partial charge in [-0.25, -0.2) is 0 Å². The van der Waals surface area contributed by atoms with Gasteiger partial charge in [0.25, 0.3) is 0 Å². The Labute approximate surface area is 91.2 Å². The van der Waals surface area contributed by atoms with E-state index in [9.17, 15) is 0 Å². The summed E-state index contributed by atoms with van der Waals surface area (Å²) in [5.74, 6) is -0.652. The molecule has 2 N–H and O–H groups in total. The van der Waals surface area contributed by atoms with E-state index in [1.165, 1.54) is 0 Å². The highest BCUT2D eigenvalue weighted by Crippen LogP contribution is 2.30. The largest absolute Gasteiger partial charge is 0.349 e. The third-order valence-corrected chi connectivity index (χ3v) is 2.58. The highest BCUT2D eigenvalue weighted by molar-refractivity contribution is 5.20. The predicted octanol–water partition coefficient (Wildman–Crippen LogP) is 1.87. The van der Waals surface area contributed by atoms with Crippen LogP contribution in [0.15, 0.2) is 30.3 Å². The van der Waals surface area contributed by atoms with Crippen LogP contribution in [0, 0.1) is 0 Å². The van der Waals surface area contributed by atoms with Gasteiger partial charge in [0, 0.05) is 26.2 Å². The highest BCUT2D eigenvalue weighted by atomic mass is 16.7. The molecule has 0 aromatic heterocycles. The maximum absolute atomic E-state index is 5.51. The van der Waals surface area contributed by atoms with Crippen molar-refractivity contribution in [3.63, 3.8) is 0 Å². The zero-order valence-corrected chi connectivity index (χ0v) is 9.40. The van der Waals surface area contributed by atoms with Crippen LogP contribution in [0.25, 0.3) is 0 Å². The van der Waals surface area contributed by atoms with Crippen molar-refractivity contribution in [3.05, 3.63) is 35.9 Å². The third kappa shape index (κ3) is 2.78. The second kappa shape index (κ2) is 5.85. The summed E-state index contributed by atoms with van der Waals surface area (Å²) in [5.41, 5.74) is 6.54. The molecule has 1 aromatic rings. The monoisotopic (exact) mass is 209 g/mol. The van der Waals surface area contributed by atoms with Crippen LogP contribution in [0.5, 0.6) is 0 Å². The minimum absolute atomic E-state index is 0.640. The molecule has 0 atom stereocenters. The van der Waals surface area contributed by atoms with Crippen molar-refractivity contribution in [2.45, 2.75) is 18.6 Å². The van der Waals surface area contributed by atoms with Crippen molar-refractivity contribution in [3.8, 4) is 0 Å². The topological polar surface area (TPSA) is 44.5 Å². The lowest BCUT2D eigenvalue weighted by atomic mass is 10.0. The van der Waals surface area contributed by atoms with Gasteiger partial charge in [-0.1, -0.05) is 30.3 Å². The number of rotatable bonds is 6. The summed E-state index contributed by atoms with van der Waals surface area (Å²) in [5, 5.41) is 0. The first-order valence-corrected chi connectivity index (χ1v) is 5.15. The first-order valence-electron chi connectivity index (χ1n) is 5.15. The molecule has 0 spiro atoms. The zero-order valence-electron chi connectivity index (χ0n) is 9.40. The number of benzene rings is 1. The van der Waals surface area contributed by atoms with Crippen molar-refractivity contribution in [2.24, 2.45) is 5.73 Å². The van der Waals surface area contributed by atoms with Crippen LogP contribution in [0.4, 0.5) is 0 Å². The van der Waals surface area contributed by atoms with Gasteiger partial charge in [0.15, 0.2) is 5.79 Å². The van der Waals surface area contributed by atoms with Gasteiger partial charge in [0.2, 0.25) is 0 Å². The molecule has 84 valence electrons. The molecule has 0 aliphatic rings. The zero-order chi connectivity index (χ0) is 11.1. The number of hydrogen-bond donors (Lipinski definition) is 1. The van der Waals surface area contributed by atoms with Crippen LogP contribution in [0.3, 0.4) is 0 Å². The lowest BCUT2D eigenvalue weighted by Crippen LogP contribution is -2.31. The van der Waals surface area contributed by atoms with E-state index in [-0.39, 0.29) is 0 Å². The molecular weight excluding hydrogens is 190 g/mol. The Hall–Kier alpha value is -0.900. The lowest BCUT2D eigenvalue weighted by molar-refractivity contribution is -0.220. The Kier molecular flexibility index (Phi) is 4.75. The van der Waals surface area contributed by atoms with Crippen LogP contribution in [-0.4, -0.2) is 20.8 Å². The van der Waals surface area contributed by atoms with Crippen molar-refractivity contribution < 1.29 is 9.47 Å². The molecule has 0 aliphatic heterocycles. The molecule has 3 heteroatoms. The van der Waals surface area contributed by atoms with Gasteiger partial charge in [-0.05, 0) is 13.0 Å². The smallest absolute Gasteiger partial charge is 0.194 e. The SMILES string of the molecule is COC(CCCN)(OC)c1ccccc1. The molecule has 1 rings (SSSR count). The Bertz CT molecular complexity index is 270. The van der Waals surface area contributed by atoms with Gasteiger partial charge in [-0.15, -0.1) is 0 Å². The summed E-state index contributed by atoms with van der Waals surface area (Å²) in [6, 6.07) is 9.94. The van der Waals surface area contributed by atoms with Crippen LogP contribution >= 0.6 is 0 Å². The maximum Gasteiger partial charge on any atom is 0.194 e. The van der Waals surface area contributed by atoms with E-state index in [4.69, 9.17) is 15.2 Å². The quantitative estimate of drug-likeness (QED) is 0.727. The van der Waals surface area contributed by atoms with Gasteiger partial charge in [0.1, 0.15) is 0 Å². The Morgan fingerprint density at radius 2 is 1.73 bits per heavy atom. The van der Waals surface area contributed by atoms with Crippen LogP contribution in [-0.2, 0) is 15.3 Å². The average Bonchev–Trinajstić information content (AvgIpc) is 2.33. The third-order valence-electron chi connectivity index (χ3n) is 2.58. The van der Waals surface area contributed by atoms with Crippen molar-refractivity contribution in [2.75, 3.05) is 20.8 Å². The second-order valence-corrected chi connectivity index (χ2v) is 3.42. The first kappa shape index (κ1) is 12.2. The van der Waals surface area contributed by atoms with E-state index in [0.717, 1.165) is 18.4 Å². The first-order chi connectivity index (χ1) is 7.29. The van der Waals surface area contributed by atoms with E-state index in [1.807, 2.05) is 30.3 Å². The fourth-order valence-electron chi connectivity index (χ4n) is 1.69. The van der Waals surface area contributed by atoms with Crippen molar-refractivity contribution in [1.29, 1.82) is 0 Å². The molecule has 0 saturated heterocycles. The summed E-state index contributed by atoms with van der Waals surface area (Å²) in [7, 11) is 3.32. The molecule has 0 bridgehead atoms. The minimum Gasteiger partial charge on any atom is -0.349 e. The number of ether oxygens (including phenoxy) is 2. The molecule has 15 heavy (non-hydrogen) atoms. The number of methoxy groups -OCH3 is 2. The van der Waals surface area contributed by atoms with E-state index >= 15 is 0 Å². The molecule has 0 heterocycles. The lowest BCUT2D eigenvalue weighted by Gasteiger charge is -2.31. The molecule has 1 aromatic carbocycles. The summed E-state index contributed by atoms with van der Waals surface area (Å²) in [6.07, 6.45) is 1.64. The Morgan fingerprint density at radius 3 is 2.20 bits per heavy atom. The van der Waals surface area contributed by atoms with Crippen LogP contribution < -0.4 is 5.73 Å². The van der Waals surface area contributed by atoms with Crippen LogP contribution in [0.1, 0.15) is 18.4 Å². The van der Waals surface area contributed by atoms with E-state index < -0.39 is 5.79 Å². The summed E-state index contributed by atoms with van der Waals surface area (Å²) in [6.45, 7) is 0.640. The molecule has 3 nitrogen and oxygen atoms in total. The van der Waals surface area contributed by atoms with Gasteiger partial charge < -0.3 is 15.2 Å². The van der Waals surface area contributed by atoms with Crippen molar-refractivity contribution >= 4 is 0 Å². The summed E-state index contributed by atoms with van der Waals surface area (Å²) < 4.78 is 11.0. The minimum atomic E-state index is -0.652. The maximum atomic E-state index is 5.51. The predicted molar refractivity (Wildman–Crippen MR) is 60.4 cm³/mol. The van der Waals surface area contributed by atoms with E-state index in [2.05, 4.69) is 0 Å². The fourth-order valence-corrected chi connectivity index (χ4v) is 1.69. The molecule has 0 unspecified atom stereocenters. The number of nitrogens with two attached hydrogens (primary N) is 1.